The zero-order valence-corrected chi connectivity index (χ0v) is 10.6. The Morgan fingerprint density at radius 1 is 0.944 bits per heavy atom. The van der Waals surface area contributed by atoms with E-state index >= 15 is 0 Å². The summed E-state index contributed by atoms with van der Waals surface area (Å²) in [6.45, 7) is 0.466. The molecule has 0 saturated carbocycles. The third-order valence-corrected chi connectivity index (χ3v) is 2.65. The molecule has 0 N–H and O–H groups in total. The number of carbonyl (C=O) groups excluding carboxylic acids is 1. The molecule has 0 aliphatic heterocycles. The highest BCUT2D eigenvalue weighted by Gasteiger charge is 2.07. The maximum atomic E-state index is 12.1. The van der Waals surface area contributed by atoms with Crippen LogP contribution in [0.15, 0.2) is 54.6 Å². The van der Waals surface area contributed by atoms with Crippen molar-refractivity contribution in [3.8, 4) is 5.75 Å². The second-order valence-corrected chi connectivity index (χ2v) is 4.13. The van der Waals surface area contributed by atoms with Crippen LogP contribution in [0.4, 0.5) is 0 Å². The molecule has 2 aromatic carbocycles. The third kappa shape index (κ3) is 3.11. The van der Waals surface area contributed by atoms with Crippen LogP contribution in [-0.4, -0.2) is 18.3 Å². The Bertz CT molecular complexity index is 506. The van der Waals surface area contributed by atoms with E-state index in [1.807, 2.05) is 18.2 Å². The molecule has 0 spiro atoms. The van der Waals surface area contributed by atoms with Crippen LogP contribution in [0.1, 0.15) is 15.9 Å². The monoisotopic (exact) mass is 260 g/mol. The number of halogens is 1. The average Bonchev–Trinajstić information content (AvgIpc) is 2.46. The van der Waals surface area contributed by atoms with E-state index in [1.54, 1.807) is 36.4 Å². The lowest BCUT2D eigenvalue weighted by Gasteiger charge is -2.05. The fourth-order valence-electron chi connectivity index (χ4n) is 1.62. The molecule has 2 rings (SSSR count). The molecule has 92 valence electrons. The van der Waals surface area contributed by atoms with Crippen molar-refractivity contribution in [3.05, 3.63) is 65.7 Å². The SMILES string of the molecule is O=C(c1ccccc1)c1ccc(OCCCl)cc1. The van der Waals surface area contributed by atoms with E-state index in [1.165, 1.54) is 0 Å². The minimum Gasteiger partial charge on any atom is -0.492 e. The maximum absolute atomic E-state index is 12.1. The van der Waals surface area contributed by atoms with Gasteiger partial charge in [-0.3, -0.25) is 4.79 Å². The predicted molar refractivity (Wildman–Crippen MR) is 72.5 cm³/mol. The summed E-state index contributed by atoms with van der Waals surface area (Å²) in [4.78, 5) is 12.1. The van der Waals surface area contributed by atoms with Crippen molar-refractivity contribution in [3.63, 3.8) is 0 Å². The number of benzene rings is 2. The van der Waals surface area contributed by atoms with Gasteiger partial charge in [-0.05, 0) is 24.3 Å². The Morgan fingerprint density at radius 3 is 2.17 bits per heavy atom. The first-order valence-corrected chi connectivity index (χ1v) is 6.23. The van der Waals surface area contributed by atoms with Crippen LogP contribution in [0.3, 0.4) is 0 Å². The third-order valence-electron chi connectivity index (χ3n) is 2.50. The summed E-state index contributed by atoms with van der Waals surface area (Å²) in [5.41, 5.74) is 1.34. The molecule has 0 aliphatic carbocycles. The number of carbonyl (C=O) groups is 1. The average molecular weight is 261 g/mol. The largest absolute Gasteiger partial charge is 0.492 e. The Hall–Kier alpha value is -1.80. The van der Waals surface area contributed by atoms with Crippen molar-refractivity contribution in [2.45, 2.75) is 0 Å². The van der Waals surface area contributed by atoms with Gasteiger partial charge >= 0.3 is 0 Å². The minimum absolute atomic E-state index is 0.0134. The molecule has 0 heterocycles. The van der Waals surface area contributed by atoms with E-state index in [0.717, 1.165) is 5.75 Å². The van der Waals surface area contributed by atoms with Gasteiger partial charge in [0.25, 0.3) is 0 Å². The van der Waals surface area contributed by atoms with Gasteiger partial charge in [-0.2, -0.15) is 0 Å². The molecule has 3 heteroatoms. The smallest absolute Gasteiger partial charge is 0.193 e. The highest BCUT2D eigenvalue weighted by atomic mass is 35.5. The van der Waals surface area contributed by atoms with Gasteiger partial charge in [0.15, 0.2) is 5.78 Å². The van der Waals surface area contributed by atoms with Crippen LogP contribution in [0.2, 0.25) is 0 Å². The fourth-order valence-corrected chi connectivity index (χ4v) is 1.69. The van der Waals surface area contributed by atoms with Crippen LogP contribution in [-0.2, 0) is 0 Å². The first-order valence-electron chi connectivity index (χ1n) is 5.70. The molecule has 0 radical (unpaired) electrons. The molecule has 2 nitrogen and oxygen atoms in total. The van der Waals surface area contributed by atoms with Gasteiger partial charge in [0.1, 0.15) is 12.4 Å². The Labute approximate surface area is 111 Å². The molecule has 0 aliphatic rings. The second kappa shape index (κ2) is 6.22. The number of alkyl halides is 1. The lowest BCUT2D eigenvalue weighted by molar-refractivity contribution is 0.103. The van der Waals surface area contributed by atoms with Crippen LogP contribution >= 0.6 is 11.6 Å². The van der Waals surface area contributed by atoms with Gasteiger partial charge < -0.3 is 4.74 Å². The number of hydrogen-bond acceptors (Lipinski definition) is 2. The zero-order valence-electron chi connectivity index (χ0n) is 9.80. The van der Waals surface area contributed by atoms with Crippen molar-refractivity contribution in [2.24, 2.45) is 0 Å². The van der Waals surface area contributed by atoms with Crippen LogP contribution in [0.25, 0.3) is 0 Å². The number of ketones is 1. The Kier molecular flexibility index (Phi) is 4.37. The number of rotatable bonds is 5. The number of ether oxygens (including phenoxy) is 1. The Balaban J connectivity index is 2.12. The molecule has 0 atom stereocenters. The molecule has 0 saturated heterocycles. The van der Waals surface area contributed by atoms with Crippen molar-refractivity contribution >= 4 is 17.4 Å². The zero-order chi connectivity index (χ0) is 12.8. The van der Waals surface area contributed by atoms with Crippen molar-refractivity contribution in [1.29, 1.82) is 0 Å². The summed E-state index contributed by atoms with van der Waals surface area (Å²) in [6, 6.07) is 16.3. The van der Waals surface area contributed by atoms with Gasteiger partial charge in [-0.1, -0.05) is 30.3 Å². The van der Waals surface area contributed by atoms with Gasteiger partial charge in [0, 0.05) is 11.1 Å². The summed E-state index contributed by atoms with van der Waals surface area (Å²) in [6.07, 6.45) is 0. The van der Waals surface area contributed by atoms with Crippen molar-refractivity contribution in [1.82, 2.24) is 0 Å². The number of hydrogen-bond donors (Lipinski definition) is 0. The molecule has 0 unspecified atom stereocenters. The normalized spacial score (nSPS) is 10.1. The molecule has 0 aromatic heterocycles. The lowest BCUT2D eigenvalue weighted by atomic mass is 10.0. The highest BCUT2D eigenvalue weighted by Crippen LogP contribution is 2.15. The van der Waals surface area contributed by atoms with Gasteiger partial charge in [0.05, 0.1) is 5.88 Å². The van der Waals surface area contributed by atoms with E-state index in [2.05, 4.69) is 0 Å². The summed E-state index contributed by atoms with van der Waals surface area (Å²) < 4.78 is 5.35. The topological polar surface area (TPSA) is 26.3 Å². The van der Waals surface area contributed by atoms with E-state index in [9.17, 15) is 4.79 Å². The standard InChI is InChI=1S/C15H13ClO2/c16-10-11-18-14-8-6-13(7-9-14)15(17)12-4-2-1-3-5-12/h1-9H,10-11H2. The molecule has 0 bridgehead atoms. The lowest BCUT2D eigenvalue weighted by Crippen LogP contribution is -2.02. The quantitative estimate of drug-likeness (QED) is 0.607. The van der Waals surface area contributed by atoms with E-state index in [0.29, 0.717) is 23.6 Å². The van der Waals surface area contributed by atoms with Crippen molar-refractivity contribution in [2.75, 3.05) is 12.5 Å². The van der Waals surface area contributed by atoms with E-state index in [-0.39, 0.29) is 5.78 Å². The highest BCUT2D eigenvalue weighted by molar-refractivity contribution is 6.18. The summed E-state index contributed by atoms with van der Waals surface area (Å²) in [5.74, 6) is 1.18. The first kappa shape index (κ1) is 12.7. The molecule has 0 amide bonds. The molecular weight excluding hydrogens is 248 g/mol. The van der Waals surface area contributed by atoms with Gasteiger partial charge in [-0.25, -0.2) is 0 Å². The fraction of sp³-hybridized carbons (Fsp3) is 0.133. The van der Waals surface area contributed by atoms with Crippen molar-refractivity contribution < 1.29 is 9.53 Å². The first-order chi connectivity index (χ1) is 8.81. The molecular formula is C15H13ClO2. The molecule has 18 heavy (non-hydrogen) atoms. The van der Waals surface area contributed by atoms with Crippen LogP contribution in [0.5, 0.6) is 5.75 Å². The molecule has 2 aromatic rings. The molecule has 0 fully saturated rings. The maximum Gasteiger partial charge on any atom is 0.193 e. The summed E-state index contributed by atoms with van der Waals surface area (Å²) >= 11 is 5.53. The van der Waals surface area contributed by atoms with Gasteiger partial charge in [0.2, 0.25) is 0 Å². The summed E-state index contributed by atoms with van der Waals surface area (Å²) in [7, 11) is 0. The van der Waals surface area contributed by atoms with E-state index in [4.69, 9.17) is 16.3 Å². The predicted octanol–water partition coefficient (Wildman–Crippen LogP) is 3.54. The Morgan fingerprint density at radius 2 is 1.56 bits per heavy atom. The van der Waals surface area contributed by atoms with E-state index < -0.39 is 0 Å². The van der Waals surface area contributed by atoms with Gasteiger partial charge in [-0.15, -0.1) is 11.6 Å². The minimum atomic E-state index is 0.0134. The summed E-state index contributed by atoms with van der Waals surface area (Å²) in [5, 5.41) is 0. The second-order valence-electron chi connectivity index (χ2n) is 3.76. The van der Waals surface area contributed by atoms with Crippen LogP contribution in [0, 0.1) is 0 Å². The van der Waals surface area contributed by atoms with Crippen LogP contribution < -0.4 is 4.74 Å².